The van der Waals surface area contributed by atoms with Crippen LogP contribution in [0.3, 0.4) is 0 Å². The highest BCUT2D eigenvalue weighted by molar-refractivity contribution is 7.91. The van der Waals surface area contributed by atoms with E-state index in [1.54, 1.807) is 12.1 Å². The minimum absolute atomic E-state index is 0.0858. The second-order valence-corrected chi connectivity index (χ2v) is 8.30. The summed E-state index contributed by atoms with van der Waals surface area (Å²) >= 11 is 1.28. The molecule has 0 aliphatic carbocycles. The molecular formula is C14H24N2O2S2. The first-order valence-electron chi connectivity index (χ1n) is 6.72. The molecule has 0 bridgehead atoms. The van der Waals surface area contributed by atoms with E-state index in [0.29, 0.717) is 23.3 Å². The van der Waals surface area contributed by atoms with Crippen LogP contribution in [-0.2, 0) is 16.6 Å². The Morgan fingerprint density at radius 2 is 2.05 bits per heavy atom. The molecule has 0 spiro atoms. The minimum atomic E-state index is -3.43. The Balaban J connectivity index is 2.94. The number of thiophene rings is 1. The number of hydrogen-bond donors (Lipinski definition) is 1. The summed E-state index contributed by atoms with van der Waals surface area (Å²) in [5, 5.41) is 5.18. The van der Waals surface area contributed by atoms with Gasteiger partial charge in [0.05, 0.1) is 0 Å². The summed E-state index contributed by atoms with van der Waals surface area (Å²) in [7, 11) is -3.43. The Bertz CT molecular complexity index is 533. The van der Waals surface area contributed by atoms with E-state index in [9.17, 15) is 8.42 Å². The fourth-order valence-corrected chi connectivity index (χ4v) is 4.68. The molecule has 0 aliphatic rings. The molecule has 0 aliphatic heterocycles. The zero-order valence-electron chi connectivity index (χ0n) is 12.6. The molecule has 4 nitrogen and oxygen atoms in total. The van der Waals surface area contributed by atoms with Gasteiger partial charge >= 0.3 is 0 Å². The van der Waals surface area contributed by atoms with Crippen LogP contribution in [0.1, 0.15) is 33.3 Å². The molecule has 0 radical (unpaired) electrons. The first-order chi connectivity index (χ1) is 9.28. The molecule has 1 rings (SSSR count). The predicted octanol–water partition coefficient (Wildman–Crippen LogP) is 2.83. The molecule has 0 saturated carbocycles. The van der Waals surface area contributed by atoms with Gasteiger partial charge in [-0.05, 0) is 30.9 Å². The number of nitrogens with one attached hydrogen (secondary N) is 1. The van der Waals surface area contributed by atoms with Crippen molar-refractivity contribution in [3.05, 3.63) is 29.7 Å². The molecule has 1 heterocycles. The van der Waals surface area contributed by atoms with Crippen LogP contribution < -0.4 is 5.32 Å². The molecule has 0 amide bonds. The molecule has 114 valence electrons. The fraction of sp³-hybridized carbons (Fsp3) is 0.571. The van der Waals surface area contributed by atoms with Gasteiger partial charge in [-0.15, -0.1) is 17.9 Å². The van der Waals surface area contributed by atoms with Gasteiger partial charge in [-0.3, -0.25) is 0 Å². The third-order valence-electron chi connectivity index (χ3n) is 2.79. The van der Waals surface area contributed by atoms with Crippen LogP contribution in [0, 0.1) is 0 Å². The summed E-state index contributed by atoms with van der Waals surface area (Å²) in [6.45, 7) is 12.5. The molecule has 0 saturated heterocycles. The lowest BCUT2D eigenvalue weighted by Gasteiger charge is -2.23. The second kappa shape index (κ2) is 7.36. The van der Waals surface area contributed by atoms with Gasteiger partial charge in [0.15, 0.2) is 0 Å². The summed E-state index contributed by atoms with van der Waals surface area (Å²) in [4.78, 5) is 0. The lowest BCUT2D eigenvalue weighted by Crippen LogP contribution is -2.36. The number of nitrogens with zero attached hydrogens (tertiary/aromatic N) is 1. The van der Waals surface area contributed by atoms with Crippen LogP contribution in [-0.4, -0.2) is 31.4 Å². The normalized spacial score (nSPS) is 12.6. The number of hydrogen-bond acceptors (Lipinski definition) is 4. The van der Waals surface area contributed by atoms with E-state index in [0.717, 1.165) is 5.56 Å². The van der Waals surface area contributed by atoms with Crippen molar-refractivity contribution in [1.29, 1.82) is 0 Å². The summed E-state index contributed by atoms with van der Waals surface area (Å²) < 4.78 is 27.0. The van der Waals surface area contributed by atoms with Crippen LogP contribution in [0.2, 0.25) is 0 Å². The monoisotopic (exact) mass is 316 g/mol. The summed E-state index contributed by atoms with van der Waals surface area (Å²) in [5.41, 5.74) is 1.00. The first kappa shape index (κ1) is 17.4. The smallest absolute Gasteiger partial charge is 0.253 e. The van der Waals surface area contributed by atoms with Crippen molar-refractivity contribution in [2.75, 3.05) is 6.54 Å². The first-order valence-corrected chi connectivity index (χ1v) is 9.04. The highest BCUT2D eigenvalue weighted by Crippen LogP contribution is 2.25. The summed E-state index contributed by atoms with van der Waals surface area (Å²) in [5.74, 6) is 0. The molecule has 1 aromatic heterocycles. The van der Waals surface area contributed by atoms with Crippen LogP contribution in [0.5, 0.6) is 0 Å². The van der Waals surface area contributed by atoms with Crippen LogP contribution in [0.4, 0.5) is 0 Å². The zero-order valence-corrected chi connectivity index (χ0v) is 14.2. The molecule has 0 fully saturated rings. The van der Waals surface area contributed by atoms with Crippen LogP contribution in [0.15, 0.2) is 28.3 Å². The van der Waals surface area contributed by atoms with Crippen molar-refractivity contribution >= 4 is 21.4 Å². The Morgan fingerprint density at radius 1 is 1.40 bits per heavy atom. The van der Waals surface area contributed by atoms with Crippen molar-refractivity contribution in [2.45, 2.75) is 50.5 Å². The predicted molar refractivity (Wildman–Crippen MR) is 85.5 cm³/mol. The number of rotatable bonds is 8. The van der Waals surface area contributed by atoms with E-state index in [1.165, 1.54) is 15.6 Å². The quantitative estimate of drug-likeness (QED) is 0.750. The third-order valence-corrected chi connectivity index (χ3v) is 6.30. The maximum atomic E-state index is 12.6. The highest BCUT2D eigenvalue weighted by atomic mass is 32.2. The number of sulfonamides is 1. The molecule has 0 aromatic carbocycles. The van der Waals surface area contributed by atoms with Gasteiger partial charge in [0.25, 0.3) is 10.0 Å². The van der Waals surface area contributed by atoms with Gasteiger partial charge in [0.1, 0.15) is 4.21 Å². The van der Waals surface area contributed by atoms with Gasteiger partial charge in [0, 0.05) is 25.2 Å². The topological polar surface area (TPSA) is 49.4 Å². The zero-order chi connectivity index (χ0) is 15.3. The van der Waals surface area contributed by atoms with Gasteiger partial charge in [-0.25, -0.2) is 8.42 Å². The standard InChI is InChI=1S/C14H24N2O2S2/c1-6-7-16(12(4)5)20(17,18)14-8-13(10-19-14)9-15-11(2)3/h6,8,10-12,15H,1,7,9H2,2-5H3. The van der Waals surface area contributed by atoms with E-state index >= 15 is 0 Å². The van der Waals surface area contributed by atoms with Crippen molar-refractivity contribution < 1.29 is 8.42 Å². The SMILES string of the molecule is C=CCN(C(C)C)S(=O)(=O)c1cc(CNC(C)C)cs1. The highest BCUT2D eigenvalue weighted by Gasteiger charge is 2.27. The Kier molecular flexibility index (Phi) is 6.39. The second-order valence-electron chi connectivity index (χ2n) is 5.27. The van der Waals surface area contributed by atoms with Gasteiger partial charge in [-0.2, -0.15) is 4.31 Å². The van der Waals surface area contributed by atoms with E-state index in [1.807, 2.05) is 19.2 Å². The van der Waals surface area contributed by atoms with Gasteiger partial charge < -0.3 is 5.32 Å². The summed E-state index contributed by atoms with van der Waals surface area (Å²) in [6, 6.07) is 2.05. The van der Waals surface area contributed by atoms with E-state index in [4.69, 9.17) is 0 Å². The maximum Gasteiger partial charge on any atom is 0.253 e. The van der Waals surface area contributed by atoms with Gasteiger partial charge in [-0.1, -0.05) is 19.9 Å². The van der Waals surface area contributed by atoms with E-state index in [2.05, 4.69) is 25.7 Å². The van der Waals surface area contributed by atoms with Gasteiger partial charge in [0.2, 0.25) is 0 Å². The van der Waals surface area contributed by atoms with Crippen molar-refractivity contribution in [2.24, 2.45) is 0 Å². The Morgan fingerprint density at radius 3 is 2.55 bits per heavy atom. The third kappa shape index (κ3) is 4.41. The van der Waals surface area contributed by atoms with E-state index < -0.39 is 10.0 Å². The van der Waals surface area contributed by atoms with Crippen LogP contribution in [0.25, 0.3) is 0 Å². The average Bonchev–Trinajstić information content (AvgIpc) is 2.82. The lowest BCUT2D eigenvalue weighted by atomic mass is 10.3. The van der Waals surface area contributed by atoms with Crippen LogP contribution >= 0.6 is 11.3 Å². The Labute approximate surface area is 126 Å². The maximum absolute atomic E-state index is 12.6. The molecule has 0 unspecified atom stereocenters. The lowest BCUT2D eigenvalue weighted by molar-refractivity contribution is 0.384. The van der Waals surface area contributed by atoms with Crippen molar-refractivity contribution in [3.8, 4) is 0 Å². The minimum Gasteiger partial charge on any atom is -0.310 e. The van der Waals surface area contributed by atoms with Crippen molar-refractivity contribution in [1.82, 2.24) is 9.62 Å². The van der Waals surface area contributed by atoms with E-state index in [-0.39, 0.29) is 6.04 Å². The average molecular weight is 316 g/mol. The molecule has 1 aromatic rings. The molecule has 6 heteroatoms. The molecular weight excluding hydrogens is 292 g/mol. The summed E-state index contributed by atoms with van der Waals surface area (Å²) in [6.07, 6.45) is 1.62. The molecule has 1 N–H and O–H groups in total. The molecule has 0 atom stereocenters. The van der Waals surface area contributed by atoms with Crippen molar-refractivity contribution in [3.63, 3.8) is 0 Å². The molecule has 20 heavy (non-hydrogen) atoms. The fourth-order valence-electron chi connectivity index (χ4n) is 1.73. The Hall–Kier alpha value is -0.690. The largest absolute Gasteiger partial charge is 0.310 e.